The number of rotatable bonds is 4. The van der Waals surface area contributed by atoms with Crippen molar-refractivity contribution in [2.45, 2.75) is 13.5 Å². The van der Waals surface area contributed by atoms with Gasteiger partial charge in [0.2, 0.25) is 0 Å². The van der Waals surface area contributed by atoms with Gasteiger partial charge in [-0.05, 0) is 30.2 Å². The van der Waals surface area contributed by atoms with Gasteiger partial charge in [0.25, 0.3) is 5.88 Å². The predicted molar refractivity (Wildman–Crippen MR) is 68.1 cm³/mol. The van der Waals surface area contributed by atoms with E-state index >= 15 is 0 Å². The number of aryl methyl sites for hydroxylation is 1. The van der Waals surface area contributed by atoms with Gasteiger partial charge >= 0.3 is 5.69 Å². The van der Waals surface area contributed by atoms with Crippen LogP contribution in [0.2, 0.25) is 0 Å². The molecule has 0 saturated carbocycles. The highest BCUT2D eigenvalue weighted by Crippen LogP contribution is 2.29. The molecule has 0 fully saturated rings. The second kappa shape index (κ2) is 5.45. The van der Waals surface area contributed by atoms with Crippen LogP contribution in [0.1, 0.15) is 11.1 Å². The highest BCUT2D eigenvalue weighted by Gasteiger charge is 2.17. The summed E-state index contributed by atoms with van der Waals surface area (Å²) in [7, 11) is 0. The molecule has 0 bridgehead atoms. The number of aromatic nitrogens is 1. The lowest BCUT2D eigenvalue weighted by atomic mass is 10.2. The van der Waals surface area contributed by atoms with E-state index in [9.17, 15) is 10.1 Å². The van der Waals surface area contributed by atoms with Gasteiger partial charge in [-0.15, -0.1) is 0 Å². The maximum atomic E-state index is 10.9. The predicted octanol–water partition coefficient (Wildman–Crippen LogP) is 2.58. The second-order valence-corrected chi connectivity index (χ2v) is 4.00. The number of nitrogens with zero attached hydrogens (tertiary/aromatic N) is 2. The summed E-state index contributed by atoms with van der Waals surface area (Å²) in [5, 5.41) is 19.8. The Hall–Kier alpha value is -2.47. The van der Waals surface area contributed by atoms with E-state index in [1.165, 1.54) is 12.3 Å². The summed E-state index contributed by atoms with van der Waals surface area (Å²) >= 11 is 0. The highest BCUT2D eigenvalue weighted by atomic mass is 16.6. The van der Waals surface area contributed by atoms with E-state index in [-0.39, 0.29) is 18.2 Å². The number of benzene rings is 1. The molecule has 0 amide bonds. The van der Waals surface area contributed by atoms with Crippen molar-refractivity contribution < 1.29 is 14.8 Å². The van der Waals surface area contributed by atoms with Gasteiger partial charge in [0.1, 0.15) is 5.75 Å². The third kappa shape index (κ3) is 3.05. The molecule has 1 heterocycles. The molecule has 2 aromatic rings. The molecule has 0 atom stereocenters. The molecule has 1 aromatic carbocycles. The van der Waals surface area contributed by atoms with Crippen LogP contribution in [0.3, 0.4) is 0 Å². The Bertz CT molecular complexity index is 596. The number of ether oxygens (including phenoxy) is 1. The SMILES string of the molecule is Cc1cnc(Oc2ccc(CO)cc2)c([N+](=O)[O-])c1. The van der Waals surface area contributed by atoms with E-state index in [0.717, 1.165) is 5.56 Å². The molecule has 0 spiro atoms. The molecule has 0 unspecified atom stereocenters. The van der Waals surface area contributed by atoms with Gasteiger partial charge in [-0.1, -0.05) is 12.1 Å². The summed E-state index contributed by atoms with van der Waals surface area (Å²) < 4.78 is 5.39. The average Bonchev–Trinajstić information content (AvgIpc) is 2.41. The number of pyridine rings is 1. The van der Waals surface area contributed by atoms with Gasteiger partial charge in [0, 0.05) is 12.3 Å². The van der Waals surface area contributed by atoms with Gasteiger partial charge in [-0.25, -0.2) is 4.98 Å². The molecule has 19 heavy (non-hydrogen) atoms. The number of hydrogen-bond donors (Lipinski definition) is 1. The molecule has 1 aromatic heterocycles. The molecule has 0 radical (unpaired) electrons. The lowest BCUT2D eigenvalue weighted by molar-refractivity contribution is -0.386. The van der Waals surface area contributed by atoms with Crippen molar-refractivity contribution >= 4 is 5.69 Å². The number of hydrogen-bond acceptors (Lipinski definition) is 5. The zero-order valence-electron chi connectivity index (χ0n) is 10.2. The van der Waals surface area contributed by atoms with E-state index in [1.807, 2.05) is 0 Å². The second-order valence-electron chi connectivity index (χ2n) is 4.00. The molecule has 1 N–H and O–H groups in total. The van der Waals surface area contributed by atoms with Gasteiger partial charge in [0.15, 0.2) is 0 Å². The molecule has 2 rings (SSSR count). The summed E-state index contributed by atoms with van der Waals surface area (Å²) in [6.45, 7) is 1.66. The van der Waals surface area contributed by atoms with Crippen LogP contribution in [-0.2, 0) is 6.61 Å². The number of aliphatic hydroxyl groups excluding tert-OH is 1. The highest BCUT2D eigenvalue weighted by molar-refractivity contribution is 5.45. The Balaban J connectivity index is 2.29. The van der Waals surface area contributed by atoms with E-state index < -0.39 is 4.92 Å². The van der Waals surface area contributed by atoms with Crippen LogP contribution in [0.5, 0.6) is 11.6 Å². The first-order chi connectivity index (χ1) is 9.10. The summed E-state index contributed by atoms with van der Waals surface area (Å²) in [6.07, 6.45) is 1.50. The molecule has 0 aliphatic heterocycles. The van der Waals surface area contributed by atoms with Crippen LogP contribution in [0.15, 0.2) is 36.5 Å². The fourth-order valence-corrected chi connectivity index (χ4v) is 1.53. The molecule has 0 aliphatic carbocycles. The van der Waals surface area contributed by atoms with Gasteiger partial charge in [0.05, 0.1) is 11.5 Å². The van der Waals surface area contributed by atoms with Crippen molar-refractivity contribution in [3.8, 4) is 11.6 Å². The van der Waals surface area contributed by atoms with Crippen molar-refractivity contribution in [1.82, 2.24) is 4.98 Å². The van der Waals surface area contributed by atoms with E-state index in [4.69, 9.17) is 9.84 Å². The van der Waals surface area contributed by atoms with E-state index in [1.54, 1.807) is 31.2 Å². The van der Waals surface area contributed by atoms with Crippen LogP contribution in [0.4, 0.5) is 5.69 Å². The number of nitro groups is 1. The zero-order valence-corrected chi connectivity index (χ0v) is 10.2. The molecular weight excluding hydrogens is 248 g/mol. The zero-order chi connectivity index (χ0) is 13.8. The van der Waals surface area contributed by atoms with Crippen molar-refractivity contribution in [2.24, 2.45) is 0 Å². The quantitative estimate of drug-likeness (QED) is 0.674. The Kier molecular flexibility index (Phi) is 3.72. The van der Waals surface area contributed by atoms with Crippen LogP contribution < -0.4 is 4.74 Å². The molecule has 98 valence electrons. The normalized spacial score (nSPS) is 10.2. The standard InChI is InChI=1S/C13H12N2O4/c1-9-6-12(15(17)18)13(14-7-9)19-11-4-2-10(8-16)3-5-11/h2-7,16H,8H2,1H3. The average molecular weight is 260 g/mol. The van der Waals surface area contributed by atoms with Crippen molar-refractivity contribution in [2.75, 3.05) is 0 Å². The van der Waals surface area contributed by atoms with E-state index in [2.05, 4.69) is 4.98 Å². The molecule has 0 saturated heterocycles. The lowest BCUT2D eigenvalue weighted by Crippen LogP contribution is -1.96. The third-order valence-electron chi connectivity index (χ3n) is 2.49. The maximum absolute atomic E-state index is 10.9. The van der Waals surface area contributed by atoms with Crippen molar-refractivity contribution in [1.29, 1.82) is 0 Å². The van der Waals surface area contributed by atoms with Gasteiger partial charge < -0.3 is 9.84 Å². The fourth-order valence-electron chi connectivity index (χ4n) is 1.53. The Labute approximate surface area is 109 Å². The Morgan fingerprint density at radius 3 is 2.63 bits per heavy atom. The third-order valence-corrected chi connectivity index (χ3v) is 2.49. The molecule has 6 heteroatoms. The number of aliphatic hydroxyl groups is 1. The Morgan fingerprint density at radius 2 is 2.05 bits per heavy atom. The smallest absolute Gasteiger partial charge is 0.331 e. The largest absolute Gasteiger partial charge is 0.434 e. The summed E-state index contributed by atoms with van der Waals surface area (Å²) in [5.74, 6) is 0.379. The maximum Gasteiger partial charge on any atom is 0.331 e. The topological polar surface area (TPSA) is 85.5 Å². The summed E-state index contributed by atoms with van der Waals surface area (Å²) in [6, 6.07) is 8.00. The van der Waals surface area contributed by atoms with Crippen molar-refractivity contribution in [3.63, 3.8) is 0 Å². The summed E-state index contributed by atoms with van der Waals surface area (Å²) in [5.41, 5.74) is 1.25. The first kappa shape index (κ1) is 13.0. The fraction of sp³-hybridized carbons (Fsp3) is 0.154. The monoisotopic (exact) mass is 260 g/mol. The minimum atomic E-state index is -0.530. The van der Waals surface area contributed by atoms with Crippen LogP contribution in [0.25, 0.3) is 0 Å². The van der Waals surface area contributed by atoms with Crippen molar-refractivity contribution in [3.05, 3.63) is 57.8 Å². The molecular formula is C13H12N2O4. The molecule has 0 aliphatic rings. The first-order valence-electron chi connectivity index (χ1n) is 5.59. The molecule has 6 nitrogen and oxygen atoms in total. The van der Waals surface area contributed by atoms with Gasteiger partial charge in [-0.3, -0.25) is 10.1 Å². The minimum Gasteiger partial charge on any atom is -0.434 e. The van der Waals surface area contributed by atoms with E-state index in [0.29, 0.717) is 11.3 Å². The first-order valence-corrected chi connectivity index (χ1v) is 5.59. The minimum absolute atomic E-state index is 0.0488. The van der Waals surface area contributed by atoms with Crippen LogP contribution in [0, 0.1) is 17.0 Å². The lowest BCUT2D eigenvalue weighted by Gasteiger charge is -2.06. The van der Waals surface area contributed by atoms with Crippen LogP contribution >= 0.6 is 0 Å². The summed E-state index contributed by atoms with van der Waals surface area (Å²) in [4.78, 5) is 14.3. The van der Waals surface area contributed by atoms with Gasteiger partial charge in [-0.2, -0.15) is 0 Å². The van der Waals surface area contributed by atoms with Crippen LogP contribution in [-0.4, -0.2) is 15.0 Å². The Morgan fingerprint density at radius 1 is 1.37 bits per heavy atom.